The van der Waals surface area contributed by atoms with E-state index in [4.69, 9.17) is 17.3 Å². The average Bonchev–Trinajstić information content (AvgIpc) is 2.28. The normalized spacial score (nSPS) is 12.5. The van der Waals surface area contributed by atoms with Crippen LogP contribution in [0.15, 0.2) is 36.7 Å². The van der Waals surface area contributed by atoms with Crippen LogP contribution in [0.1, 0.15) is 28.3 Å². The highest BCUT2D eigenvalue weighted by atomic mass is 35.5. The van der Waals surface area contributed by atoms with Crippen LogP contribution in [-0.4, -0.2) is 4.98 Å². The number of aromatic nitrogens is 1. The van der Waals surface area contributed by atoms with Gasteiger partial charge in [-0.1, -0.05) is 23.7 Å². The molecule has 2 aromatic rings. The van der Waals surface area contributed by atoms with E-state index in [9.17, 15) is 0 Å². The number of benzene rings is 1. The standard InChI is InChI=1S/C14H15ClN2/c1-9-5-11(8-17-7-9)14(16)13-4-3-12(15)6-10(13)2/h3-8,14H,16H2,1-2H3. The molecular formula is C14H15ClN2. The lowest BCUT2D eigenvalue weighted by atomic mass is 9.96. The topological polar surface area (TPSA) is 38.9 Å². The maximum Gasteiger partial charge on any atom is 0.0569 e. The summed E-state index contributed by atoms with van der Waals surface area (Å²) in [5, 5.41) is 0.737. The van der Waals surface area contributed by atoms with Crippen LogP contribution in [0.25, 0.3) is 0 Å². The third-order valence-electron chi connectivity index (χ3n) is 2.82. The fraction of sp³-hybridized carbons (Fsp3) is 0.214. The molecule has 2 N–H and O–H groups in total. The Morgan fingerprint density at radius 2 is 1.94 bits per heavy atom. The SMILES string of the molecule is Cc1cncc(C(N)c2ccc(Cl)cc2C)c1. The van der Waals surface area contributed by atoms with Crippen molar-refractivity contribution in [3.8, 4) is 0 Å². The Kier molecular flexibility index (Phi) is 3.46. The van der Waals surface area contributed by atoms with Crippen LogP contribution in [0.5, 0.6) is 0 Å². The van der Waals surface area contributed by atoms with Gasteiger partial charge in [0.15, 0.2) is 0 Å². The minimum Gasteiger partial charge on any atom is -0.320 e. The van der Waals surface area contributed by atoms with Gasteiger partial charge in [-0.15, -0.1) is 0 Å². The first kappa shape index (κ1) is 12.1. The molecule has 0 saturated carbocycles. The van der Waals surface area contributed by atoms with Gasteiger partial charge in [-0.05, 0) is 48.2 Å². The van der Waals surface area contributed by atoms with Crippen LogP contribution in [0, 0.1) is 13.8 Å². The first-order valence-corrected chi connectivity index (χ1v) is 5.89. The van der Waals surface area contributed by atoms with Crippen LogP contribution in [-0.2, 0) is 0 Å². The van der Waals surface area contributed by atoms with Gasteiger partial charge in [-0.3, -0.25) is 4.98 Å². The van der Waals surface area contributed by atoms with E-state index in [2.05, 4.69) is 11.1 Å². The number of nitrogens with zero attached hydrogens (tertiary/aromatic N) is 1. The lowest BCUT2D eigenvalue weighted by Gasteiger charge is -2.15. The van der Waals surface area contributed by atoms with Crippen LogP contribution >= 0.6 is 11.6 Å². The van der Waals surface area contributed by atoms with Crippen molar-refractivity contribution in [2.24, 2.45) is 5.73 Å². The lowest BCUT2D eigenvalue weighted by Crippen LogP contribution is -2.13. The molecule has 0 radical (unpaired) electrons. The zero-order valence-electron chi connectivity index (χ0n) is 9.94. The van der Waals surface area contributed by atoms with Crippen LogP contribution in [0.2, 0.25) is 5.02 Å². The van der Waals surface area contributed by atoms with E-state index < -0.39 is 0 Å². The van der Waals surface area contributed by atoms with E-state index in [-0.39, 0.29) is 6.04 Å². The van der Waals surface area contributed by atoms with Gasteiger partial charge in [-0.2, -0.15) is 0 Å². The summed E-state index contributed by atoms with van der Waals surface area (Å²) in [6.45, 7) is 4.03. The lowest BCUT2D eigenvalue weighted by molar-refractivity contribution is 0.851. The summed E-state index contributed by atoms with van der Waals surface area (Å²) in [6, 6.07) is 7.68. The summed E-state index contributed by atoms with van der Waals surface area (Å²) in [7, 11) is 0. The van der Waals surface area contributed by atoms with Gasteiger partial charge in [0.2, 0.25) is 0 Å². The third-order valence-corrected chi connectivity index (χ3v) is 3.06. The molecule has 1 aromatic carbocycles. The van der Waals surface area contributed by atoms with Crippen molar-refractivity contribution in [1.82, 2.24) is 4.98 Å². The molecule has 1 aromatic heterocycles. The first-order chi connectivity index (χ1) is 8.08. The summed E-state index contributed by atoms with van der Waals surface area (Å²) in [5.41, 5.74) is 10.6. The van der Waals surface area contributed by atoms with Gasteiger partial charge >= 0.3 is 0 Å². The van der Waals surface area contributed by atoms with Crippen molar-refractivity contribution < 1.29 is 0 Å². The molecule has 1 atom stereocenters. The minimum absolute atomic E-state index is 0.153. The average molecular weight is 247 g/mol. The predicted molar refractivity (Wildman–Crippen MR) is 71.2 cm³/mol. The highest BCUT2D eigenvalue weighted by Crippen LogP contribution is 2.24. The minimum atomic E-state index is -0.153. The maximum absolute atomic E-state index is 6.25. The monoisotopic (exact) mass is 246 g/mol. The number of aryl methyl sites for hydroxylation is 2. The zero-order valence-corrected chi connectivity index (χ0v) is 10.7. The van der Waals surface area contributed by atoms with Crippen molar-refractivity contribution >= 4 is 11.6 Å². The molecule has 0 saturated heterocycles. The van der Waals surface area contributed by atoms with Crippen molar-refractivity contribution in [3.63, 3.8) is 0 Å². The van der Waals surface area contributed by atoms with Crippen molar-refractivity contribution in [2.75, 3.05) is 0 Å². The summed E-state index contributed by atoms with van der Waals surface area (Å²) >= 11 is 5.94. The van der Waals surface area contributed by atoms with E-state index in [1.165, 1.54) is 0 Å². The molecule has 0 aliphatic heterocycles. The van der Waals surface area contributed by atoms with Gasteiger partial charge in [0, 0.05) is 17.4 Å². The second-order valence-corrected chi connectivity index (χ2v) is 4.71. The van der Waals surface area contributed by atoms with E-state index >= 15 is 0 Å². The predicted octanol–water partition coefficient (Wildman–Crippen LogP) is 3.40. The molecule has 0 fully saturated rings. The van der Waals surface area contributed by atoms with Gasteiger partial charge in [-0.25, -0.2) is 0 Å². The molecule has 0 aliphatic rings. The molecule has 17 heavy (non-hydrogen) atoms. The second-order valence-electron chi connectivity index (χ2n) is 4.27. The number of halogens is 1. The Bertz CT molecular complexity index is 537. The smallest absolute Gasteiger partial charge is 0.0569 e. The van der Waals surface area contributed by atoms with Crippen molar-refractivity contribution in [2.45, 2.75) is 19.9 Å². The number of nitrogens with two attached hydrogens (primary N) is 1. The number of rotatable bonds is 2. The quantitative estimate of drug-likeness (QED) is 0.882. The molecule has 2 rings (SSSR count). The molecule has 88 valence electrons. The summed E-state index contributed by atoms with van der Waals surface area (Å²) < 4.78 is 0. The number of hydrogen-bond donors (Lipinski definition) is 1. The number of hydrogen-bond acceptors (Lipinski definition) is 2. The third kappa shape index (κ3) is 2.65. The van der Waals surface area contributed by atoms with Gasteiger partial charge in [0.25, 0.3) is 0 Å². The zero-order chi connectivity index (χ0) is 12.4. The Labute approximate surface area is 106 Å². The highest BCUT2D eigenvalue weighted by Gasteiger charge is 2.12. The summed E-state index contributed by atoms with van der Waals surface area (Å²) in [5.74, 6) is 0. The highest BCUT2D eigenvalue weighted by molar-refractivity contribution is 6.30. The molecule has 0 bridgehead atoms. The first-order valence-electron chi connectivity index (χ1n) is 5.51. The Morgan fingerprint density at radius 1 is 1.18 bits per heavy atom. The molecule has 0 aliphatic carbocycles. The van der Waals surface area contributed by atoms with E-state index in [0.717, 1.165) is 27.3 Å². The Morgan fingerprint density at radius 3 is 2.59 bits per heavy atom. The van der Waals surface area contributed by atoms with E-state index in [1.54, 1.807) is 0 Å². The Hall–Kier alpha value is -1.38. The summed E-state index contributed by atoms with van der Waals surface area (Å²) in [6.07, 6.45) is 3.64. The molecule has 0 amide bonds. The van der Waals surface area contributed by atoms with E-state index in [0.29, 0.717) is 0 Å². The maximum atomic E-state index is 6.25. The fourth-order valence-corrected chi connectivity index (χ4v) is 2.14. The molecule has 1 heterocycles. The Balaban J connectivity index is 2.40. The van der Waals surface area contributed by atoms with Crippen LogP contribution < -0.4 is 5.73 Å². The van der Waals surface area contributed by atoms with Crippen LogP contribution in [0.4, 0.5) is 0 Å². The molecule has 1 unspecified atom stereocenters. The molecule has 0 spiro atoms. The number of pyridine rings is 1. The largest absolute Gasteiger partial charge is 0.320 e. The van der Waals surface area contributed by atoms with Crippen molar-refractivity contribution in [1.29, 1.82) is 0 Å². The van der Waals surface area contributed by atoms with Crippen LogP contribution in [0.3, 0.4) is 0 Å². The van der Waals surface area contributed by atoms with Gasteiger partial charge in [0.05, 0.1) is 6.04 Å². The van der Waals surface area contributed by atoms with Gasteiger partial charge in [0.1, 0.15) is 0 Å². The summed E-state index contributed by atoms with van der Waals surface area (Å²) in [4.78, 5) is 4.17. The van der Waals surface area contributed by atoms with Gasteiger partial charge < -0.3 is 5.73 Å². The molecule has 3 heteroatoms. The van der Waals surface area contributed by atoms with E-state index in [1.807, 2.05) is 44.4 Å². The second kappa shape index (κ2) is 4.86. The molecule has 2 nitrogen and oxygen atoms in total. The molecular weight excluding hydrogens is 232 g/mol. The fourth-order valence-electron chi connectivity index (χ4n) is 1.92. The van der Waals surface area contributed by atoms with Crippen molar-refractivity contribution in [3.05, 3.63) is 63.9 Å².